The van der Waals surface area contributed by atoms with Crippen LogP contribution in [-0.4, -0.2) is 4.98 Å². The Kier molecular flexibility index (Phi) is 3.88. The van der Waals surface area contributed by atoms with Crippen molar-refractivity contribution in [1.82, 2.24) is 4.98 Å². The van der Waals surface area contributed by atoms with E-state index in [1.807, 2.05) is 17.4 Å². The minimum Gasteiger partial charge on any atom is -0.248 e. The number of nitrogens with zero attached hydrogens (tertiary/aromatic N) is 1. The number of fused-ring (bicyclic) bond motifs is 10. The fourth-order valence-electron chi connectivity index (χ4n) is 5.56. The first-order valence-electron chi connectivity index (χ1n) is 11.9. The number of thiophene rings is 1. The van der Waals surface area contributed by atoms with E-state index >= 15 is 0 Å². The summed E-state index contributed by atoms with van der Waals surface area (Å²) in [5.41, 5.74) is 3.21. The Hall–Kier alpha value is -4.27. The maximum Gasteiger partial charge on any atom is 0.0709 e. The summed E-state index contributed by atoms with van der Waals surface area (Å²) in [5.74, 6) is 0. The van der Waals surface area contributed by atoms with Crippen molar-refractivity contribution in [3.05, 3.63) is 115 Å². The van der Waals surface area contributed by atoms with Gasteiger partial charge in [-0.3, -0.25) is 0 Å². The highest BCUT2D eigenvalue weighted by Crippen LogP contribution is 2.42. The van der Waals surface area contributed by atoms with Gasteiger partial charge in [-0.05, 0) is 68.7 Å². The number of hydrogen-bond acceptors (Lipinski definition) is 2. The van der Waals surface area contributed by atoms with E-state index in [0.717, 1.165) is 16.8 Å². The average molecular weight is 462 g/mol. The van der Waals surface area contributed by atoms with E-state index in [-0.39, 0.29) is 0 Å². The van der Waals surface area contributed by atoms with Crippen LogP contribution in [0.25, 0.3) is 74.6 Å². The van der Waals surface area contributed by atoms with Gasteiger partial charge in [0.15, 0.2) is 0 Å². The summed E-state index contributed by atoms with van der Waals surface area (Å²) in [6, 6.07) is 41.8. The van der Waals surface area contributed by atoms with Crippen LogP contribution in [0.4, 0.5) is 0 Å². The third kappa shape index (κ3) is 2.78. The lowest BCUT2D eigenvalue weighted by Gasteiger charge is -2.10. The highest BCUT2D eigenvalue weighted by atomic mass is 32.1. The van der Waals surface area contributed by atoms with Crippen molar-refractivity contribution in [3.8, 4) is 11.3 Å². The molecule has 0 fully saturated rings. The van der Waals surface area contributed by atoms with Gasteiger partial charge >= 0.3 is 0 Å². The highest BCUT2D eigenvalue weighted by Gasteiger charge is 2.13. The van der Waals surface area contributed by atoms with Crippen LogP contribution < -0.4 is 0 Å². The Bertz CT molecular complexity index is 2120. The van der Waals surface area contributed by atoms with Crippen LogP contribution >= 0.6 is 11.3 Å². The molecule has 0 spiro atoms. The summed E-state index contributed by atoms with van der Waals surface area (Å²) >= 11 is 1.88. The molecule has 0 bridgehead atoms. The van der Waals surface area contributed by atoms with E-state index < -0.39 is 0 Å². The van der Waals surface area contributed by atoms with Gasteiger partial charge in [0, 0.05) is 31.1 Å². The fraction of sp³-hybridized carbons (Fsp3) is 0. The monoisotopic (exact) mass is 461 g/mol. The molecule has 2 heterocycles. The van der Waals surface area contributed by atoms with Crippen LogP contribution in [0, 0.1) is 0 Å². The molecular formula is C33H19NS. The maximum atomic E-state index is 4.95. The van der Waals surface area contributed by atoms with Crippen LogP contribution in [0.2, 0.25) is 0 Å². The highest BCUT2D eigenvalue weighted by molar-refractivity contribution is 7.25. The topological polar surface area (TPSA) is 12.9 Å². The number of hydrogen-bond donors (Lipinski definition) is 0. The lowest BCUT2D eigenvalue weighted by atomic mass is 9.93. The second-order valence-electron chi connectivity index (χ2n) is 9.19. The second kappa shape index (κ2) is 7.11. The molecule has 8 aromatic rings. The predicted molar refractivity (Wildman–Crippen MR) is 153 cm³/mol. The smallest absolute Gasteiger partial charge is 0.0709 e. The van der Waals surface area contributed by atoms with E-state index in [4.69, 9.17) is 4.98 Å². The fourth-order valence-corrected chi connectivity index (χ4v) is 6.67. The van der Waals surface area contributed by atoms with Gasteiger partial charge in [-0.2, -0.15) is 0 Å². The largest absolute Gasteiger partial charge is 0.248 e. The minimum absolute atomic E-state index is 1.02. The first kappa shape index (κ1) is 19.1. The van der Waals surface area contributed by atoms with E-state index in [1.165, 1.54) is 57.9 Å². The van der Waals surface area contributed by atoms with Crippen LogP contribution in [0.1, 0.15) is 0 Å². The van der Waals surface area contributed by atoms with Crippen LogP contribution in [-0.2, 0) is 0 Å². The molecule has 0 N–H and O–H groups in total. The summed E-state index contributed by atoms with van der Waals surface area (Å²) in [6.07, 6.45) is 0. The molecule has 0 saturated heterocycles. The van der Waals surface area contributed by atoms with E-state index in [0.29, 0.717) is 0 Å². The van der Waals surface area contributed by atoms with Crippen molar-refractivity contribution >= 4 is 74.7 Å². The molecule has 0 unspecified atom stereocenters. The zero-order valence-corrected chi connectivity index (χ0v) is 19.6. The number of pyridine rings is 1. The van der Waals surface area contributed by atoms with Crippen molar-refractivity contribution in [2.75, 3.05) is 0 Å². The quantitative estimate of drug-likeness (QED) is 0.222. The maximum absolute atomic E-state index is 4.95. The molecule has 0 aliphatic rings. The standard InChI is InChI=1S/C33H19NS/c1-6-12-30-20(7-1)13-15-31(34-30)21-14-16-32-28(17-21)29-18-26-24-10-4-2-8-22(24)23-9-3-5-11-25(23)27(26)19-33(29)35-32/h1-19H. The number of aromatic nitrogens is 1. The predicted octanol–water partition coefficient (Wildman–Crippen LogP) is 9.73. The average Bonchev–Trinajstić information content (AvgIpc) is 3.29. The third-order valence-electron chi connectivity index (χ3n) is 7.23. The van der Waals surface area contributed by atoms with Gasteiger partial charge in [0.2, 0.25) is 0 Å². The number of rotatable bonds is 1. The molecule has 0 radical (unpaired) electrons. The molecule has 0 aliphatic heterocycles. The molecule has 2 aromatic heterocycles. The Morgan fingerprint density at radius 2 is 1.06 bits per heavy atom. The van der Waals surface area contributed by atoms with E-state index in [2.05, 4.69) is 109 Å². The molecule has 0 atom stereocenters. The van der Waals surface area contributed by atoms with E-state index in [1.54, 1.807) is 0 Å². The van der Waals surface area contributed by atoms with E-state index in [9.17, 15) is 0 Å². The molecule has 0 amide bonds. The first-order chi connectivity index (χ1) is 17.3. The summed E-state index contributed by atoms with van der Waals surface area (Å²) in [6.45, 7) is 0. The Labute approximate surface area is 205 Å². The number of para-hydroxylation sites is 1. The van der Waals surface area contributed by atoms with Crippen LogP contribution in [0.5, 0.6) is 0 Å². The van der Waals surface area contributed by atoms with Gasteiger partial charge in [0.05, 0.1) is 11.2 Å². The van der Waals surface area contributed by atoms with Crippen LogP contribution in [0.15, 0.2) is 115 Å². The molecule has 35 heavy (non-hydrogen) atoms. The molecule has 0 saturated carbocycles. The zero-order chi connectivity index (χ0) is 22.9. The van der Waals surface area contributed by atoms with Gasteiger partial charge in [-0.1, -0.05) is 78.9 Å². The van der Waals surface area contributed by atoms with Crippen LogP contribution in [0.3, 0.4) is 0 Å². The van der Waals surface area contributed by atoms with Gasteiger partial charge in [-0.25, -0.2) is 4.98 Å². The van der Waals surface area contributed by atoms with Gasteiger partial charge < -0.3 is 0 Å². The van der Waals surface area contributed by atoms with Crippen molar-refractivity contribution in [2.45, 2.75) is 0 Å². The molecule has 8 rings (SSSR count). The molecular weight excluding hydrogens is 442 g/mol. The summed E-state index contributed by atoms with van der Waals surface area (Å²) < 4.78 is 2.64. The Balaban J connectivity index is 1.44. The molecule has 162 valence electrons. The molecule has 2 heteroatoms. The summed E-state index contributed by atoms with van der Waals surface area (Å²) in [7, 11) is 0. The Morgan fingerprint density at radius 3 is 1.83 bits per heavy atom. The zero-order valence-electron chi connectivity index (χ0n) is 18.8. The first-order valence-corrected chi connectivity index (χ1v) is 12.7. The minimum atomic E-state index is 1.02. The third-order valence-corrected chi connectivity index (χ3v) is 8.36. The molecule has 6 aromatic carbocycles. The molecule has 1 nitrogen and oxygen atoms in total. The van der Waals surface area contributed by atoms with Gasteiger partial charge in [0.1, 0.15) is 0 Å². The number of benzene rings is 6. The Morgan fingerprint density at radius 1 is 0.429 bits per heavy atom. The van der Waals surface area contributed by atoms with Crippen molar-refractivity contribution < 1.29 is 0 Å². The summed E-state index contributed by atoms with van der Waals surface area (Å²) in [5, 5.41) is 11.7. The lowest BCUT2D eigenvalue weighted by Crippen LogP contribution is -1.85. The summed E-state index contributed by atoms with van der Waals surface area (Å²) in [4.78, 5) is 4.95. The molecule has 0 aliphatic carbocycles. The van der Waals surface area contributed by atoms with Crippen molar-refractivity contribution in [3.63, 3.8) is 0 Å². The van der Waals surface area contributed by atoms with Crippen molar-refractivity contribution in [1.29, 1.82) is 0 Å². The van der Waals surface area contributed by atoms with Gasteiger partial charge in [0.25, 0.3) is 0 Å². The SMILES string of the molecule is c1ccc2nc(-c3ccc4sc5cc6c7ccccc7c7ccccc7c6cc5c4c3)ccc2c1. The van der Waals surface area contributed by atoms with Crippen molar-refractivity contribution in [2.24, 2.45) is 0 Å². The normalized spacial score (nSPS) is 12.0. The van der Waals surface area contributed by atoms with Gasteiger partial charge in [-0.15, -0.1) is 11.3 Å². The second-order valence-corrected chi connectivity index (χ2v) is 10.3. The lowest BCUT2D eigenvalue weighted by molar-refractivity contribution is 1.40.